The van der Waals surface area contributed by atoms with Gasteiger partial charge in [-0.15, -0.1) is 0 Å². The van der Waals surface area contributed by atoms with Crippen molar-refractivity contribution in [2.24, 2.45) is 17.8 Å². The molecule has 0 aromatic heterocycles. The van der Waals surface area contributed by atoms with Gasteiger partial charge in [0.2, 0.25) is 0 Å². The fraction of sp³-hybridized carbons (Fsp3) is 1.00. The molecular weight excluding hydrogens is 204 g/mol. The number of rotatable bonds is 0. The van der Waals surface area contributed by atoms with E-state index in [1.54, 1.807) is 0 Å². The highest BCUT2D eigenvalue weighted by molar-refractivity contribution is 4.66. The molecule has 0 nitrogen and oxygen atoms in total. The molecule has 2 saturated carbocycles. The maximum Gasteiger partial charge on any atom is -0.0440 e. The summed E-state index contributed by atoms with van der Waals surface area (Å²) in [5, 5.41) is 0. The van der Waals surface area contributed by atoms with Crippen molar-refractivity contribution in [1.82, 2.24) is 0 Å². The summed E-state index contributed by atoms with van der Waals surface area (Å²) in [6, 6.07) is 0. The third-order valence-corrected chi connectivity index (χ3v) is 4.09. The largest absolute Gasteiger partial charge is 0.0683 e. The molecular formula is C17H36. The predicted molar refractivity (Wildman–Crippen MR) is 80.4 cm³/mol. The van der Waals surface area contributed by atoms with Crippen LogP contribution >= 0.6 is 0 Å². The Morgan fingerprint density at radius 2 is 0.941 bits per heavy atom. The molecule has 0 bridgehead atoms. The van der Waals surface area contributed by atoms with Crippen molar-refractivity contribution in [1.29, 1.82) is 0 Å². The van der Waals surface area contributed by atoms with Crippen LogP contribution in [0.1, 0.15) is 92.4 Å². The Labute approximate surface area is 111 Å². The zero-order valence-electron chi connectivity index (χ0n) is 13.1. The van der Waals surface area contributed by atoms with Crippen LogP contribution in [-0.2, 0) is 0 Å². The zero-order chi connectivity index (χ0) is 13.1. The second kappa shape index (κ2) is 11.1. The van der Waals surface area contributed by atoms with Gasteiger partial charge in [0, 0.05) is 0 Å². The lowest BCUT2D eigenvalue weighted by Crippen LogP contribution is -2.09. The van der Waals surface area contributed by atoms with E-state index in [4.69, 9.17) is 0 Å². The van der Waals surface area contributed by atoms with Gasteiger partial charge in [0.1, 0.15) is 0 Å². The van der Waals surface area contributed by atoms with Crippen molar-refractivity contribution in [2.45, 2.75) is 92.4 Å². The first-order valence-electron chi connectivity index (χ1n) is 8.18. The minimum absolute atomic E-state index is 1.01. The van der Waals surface area contributed by atoms with Crippen LogP contribution in [0.15, 0.2) is 0 Å². The van der Waals surface area contributed by atoms with Crippen molar-refractivity contribution >= 4 is 0 Å². The molecule has 2 aliphatic rings. The quantitative estimate of drug-likeness (QED) is 0.456. The maximum absolute atomic E-state index is 2.37. The molecule has 17 heavy (non-hydrogen) atoms. The van der Waals surface area contributed by atoms with Crippen LogP contribution in [-0.4, -0.2) is 0 Å². The Bertz CT molecular complexity index is 136. The van der Waals surface area contributed by atoms with Gasteiger partial charge in [0.25, 0.3) is 0 Å². The summed E-state index contributed by atoms with van der Waals surface area (Å²) < 4.78 is 0. The average molecular weight is 240 g/mol. The highest BCUT2D eigenvalue weighted by Gasteiger charge is 2.13. The van der Waals surface area contributed by atoms with Gasteiger partial charge in [-0.1, -0.05) is 86.0 Å². The second-order valence-electron chi connectivity index (χ2n) is 6.12. The van der Waals surface area contributed by atoms with Crippen LogP contribution in [0.5, 0.6) is 0 Å². The highest BCUT2D eigenvalue weighted by Crippen LogP contribution is 2.27. The number of hydrogen-bond donors (Lipinski definition) is 0. The van der Waals surface area contributed by atoms with Gasteiger partial charge in [0.15, 0.2) is 0 Å². The summed E-state index contributed by atoms with van der Waals surface area (Å²) in [4.78, 5) is 0. The summed E-state index contributed by atoms with van der Waals surface area (Å²) in [7, 11) is 0. The zero-order valence-corrected chi connectivity index (χ0v) is 13.1. The standard InChI is InChI=1S/C8H16.C7H14.C2H6/c1-7-4-3-5-8(2)6-7;1-7-5-3-2-4-6-7;1-2/h7-8H,3-6H2,1-2H3;7H,2-6H2,1H3;1-2H3. The van der Waals surface area contributed by atoms with Crippen LogP contribution in [0.3, 0.4) is 0 Å². The second-order valence-corrected chi connectivity index (χ2v) is 6.12. The van der Waals surface area contributed by atoms with Gasteiger partial charge in [0.05, 0.1) is 0 Å². The topological polar surface area (TPSA) is 0 Å². The van der Waals surface area contributed by atoms with Crippen LogP contribution < -0.4 is 0 Å². The van der Waals surface area contributed by atoms with Crippen LogP contribution in [0.4, 0.5) is 0 Å². The third-order valence-electron chi connectivity index (χ3n) is 4.09. The molecule has 0 radical (unpaired) electrons. The Morgan fingerprint density at radius 3 is 1.18 bits per heavy atom. The Hall–Kier alpha value is 0. The third kappa shape index (κ3) is 9.68. The first-order valence-corrected chi connectivity index (χ1v) is 8.18. The monoisotopic (exact) mass is 240 g/mol. The summed E-state index contributed by atoms with van der Waals surface area (Å²) >= 11 is 0. The van der Waals surface area contributed by atoms with E-state index in [2.05, 4.69) is 20.8 Å². The van der Waals surface area contributed by atoms with E-state index in [9.17, 15) is 0 Å². The van der Waals surface area contributed by atoms with E-state index in [1.165, 1.54) is 57.8 Å². The van der Waals surface area contributed by atoms with Crippen molar-refractivity contribution in [3.63, 3.8) is 0 Å². The Kier molecular flexibility index (Phi) is 11.1. The maximum atomic E-state index is 2.37. The van der Waals surface area contributed by atoms with E-state index in [0.29, 0.717) is 0 Å². The van der Waals surface area contributed by atoms with Crippen LogP contribution in [0, 0.1) is 17.8 Å². The first kappa shape index (κ1) is 17.0. The Morgan fingerprint density at radius 1 is 0.529 bits per heavy atom. The van der Waals surface area contributed by atoms with Gasteiger partial charge in [-0.05, 0) is 24.2 Å². The molecule has 0 heteroatoms. The van der Waals surface area contributed by atoms with E-state index in [0.717, 1.165) is 17.8 Å². The molecule has 2 rings (SSSR count). The summed E-state index contributed by atoms with van der Waals surface area (Å²) in [6.07, 6.45) is 13.3. The van der Waals surface area contributed by atoms with E-state index < -0.39 is 0 Å². The van der Waals surface area contributed by atoms with Gasteiger partial charge < -0.3 is 0 Å². The molecule has 0 N–H and O–H groups in total. The van der Waals surface area contributed by atoms with E-state index >= 15 is 0 Å². The number of hydrogen-bond acceptors (Lipinski definition) is 0. The lowest BCUT2D eigenvalue weighted by molar-refractivity contribution is 0.301. The molecule has 0 aliphatic heterocycles. The normalized spacial score (nSPS) is 29.5. The van der Waals surface area contributed by atoms with Gasteiger partial charge in [-0.2, -0.15) is 0 Å². The average Bonchev–Trinajstić information content (AvgIpc) is 2.33. The van der Waals surface area contributed by atoms with Crippen molar-refractivity contribution in [2.75, 3.05) is 0 Å². The van der Waals surface area contributed by atoms with Gasteiger partial charge >= 0.3 is 0 Å². The fourth-order valence-corrected chi connectivity index (χ4v) is 3.04. The molecule has 2 atom stereocenters. The first-order chi connectivity index (χ1) is 8.18. The Balaban J connectivity index is 0.000000265. The molecule has 104 valence electrons. The summed E-state index contributed by atoms with van der Waals surface area (Å²) in [5.74, 6) is 3.06. The molecule has 0 aromatic rings. The SMILES string of the molecule is CC.CC1CCCC(C)C1.CC1CCCCC1. The van der Waals surface area contributed by atoms with Crippen molar-refractivity contribution < 1.29 is 0 Å². The molecule has 0 saturated heterocycles. The molecule has 0 amide bonds. The molecule has 0 heterocycles. The minimum atomic E-state index is 1.01. The lowest BCUT2D eigenvalue weighted by atomic mass is 9.84. The van der Waals surface area contributed by atoms with Crippen molar-refractivity contribution in [3.8, 4) is 0 Å². The van der Waals surface area contributed by atoms with E-state index in [1.807, 2.05) is 13.8 Å². The smallest absolute Gasteiger partial charge is 0.0440 e. The summed E-state index contributed by atoms with van der Waals surface area (Å²) in [6.45, 7) is 11.1. The van der Waals surface area contributed by atoms with Crippen LogP contribution in [0.25, 0.3) is 0 Å². The fourth-order valence-electron chi connectivity index (χ4n) is 3.04. The highest BCUT2D eigenvalue weighted by atomic mass is 14.2. The van der Waals surface area contributed by atoms with Crippen molar-refractivity contribution in [3.05, 3.63) is 0 Å². The molecule has 2 aliphatic carbocycles. The molecule has 0 spiro atoms. The lowest BCUT2D eigenvalue weighted by Gasteiger charge is -2.22. The van der Waals surface area contributed by atoms with Gasteiger partial charge in [-0.3, -0.25) is 0 Å². The summed E-state index contributed by atoms with van der Waals surface area (Å²) in [5.41, 5.74) is 0. The van der Waals surface area contributed by atoms with Crippen LogP contribution in [0.2, 0.25) is 0 Å². The van der Waals surface area contributed by atoms with E-state index in [-0.39, 0.29) is 0 Å². The molecule has 0 aromatic carbocycles. The minimum Gasteiger partial charge on any atom is -0.0683 e. The van der Waals surface area contributed by atoms with Gasteiger partial charge in [-0.25, -0.2) is 0 Å². The molecule has 2 unspecified atom stereocenters. The molecule has 2 fully saturated rings. The predicted octanol–water partition coefficient (Wildman–Crippen LogP) is 6.45.